The van der Waals surface area contributed by atoms with Gasteiger partial charge in [-0.3, -0.25) is 9.35 Å². The van der Waals surface area contributed by atoms with E-state index in [9.17, 15) is 26.8 Å². The third-order valence-corrected chi connectivity index (χ3v) is 3.28. The number of halogens is 2. The Morgan fingerprint density at radius 1 is 1.35 bits per heavy atom. The molecular formula is C10H16F2O7S. The zero-order valence-corrected chi connectivity index (χ0v) is 11.9. The Hall–Kier alpha value is -1.29. The quantitative estimate of drug-likeness (QED) is 0.542. The van der Waals surface area contributed by atoms with Gasteiger partial charge in [0.05, 0.1) is 18.8 Å². The summed E-state index contributed by atoms with van der Waals surface area (Å²) < 4.78 is 65.1. The van der Waals surface area contributed by atoms with E-state index in [1.807, 2.05) is 0 Å². The largest absolute Gasteiger partial charge is 0.464 e. The van der Waals surface area contributed by atoms with Gasteiger partial charge in [0.15, 0.2) is 6.10 Å². The number of carbonyl (C=O) groups excluding carboxylic acids is 2. The summed E-state index contributed by atoms with van der Waals surface area (Å²) in [4.78, 5) is 22.4. The van der Waals surface area contributed by atoms with E-state index >= 15 is 0 Å². The fourth-order valence-electron chi connectivity index (χ4n) is 1.32. The van der Waals surface area contributed by atoms with Gasteiger partial charge in [0, 0.05) is 0 Å². The van der Waals surface area contributed by atoms with Gasteiger partial charge in [-0.25, -0.2) is 4.79 Å². The number of methoxy groups -OCH3 is 1. The summed E-state index contributed by atoms with van der Waals surface area (Å²) in [5.41, 5.74) is 0. The van der Waals surface area contributed by atoms with Crippen LogP contribution in [0.1, 0.15) is 20.3 Å². The molecule has 0 rings (SSSR count). The van der Waals surface area contributed by atoms with Crippen molar-refractivity contribution >= 4 is 22.1 Å². The van der Waals surface area contributed by atoms with Crippen molar-refractivity contribution in [3.63, 3.8) is 0 Å². The summed E-state index contributed by atoms with van der Waals surface area (Å²) >= 11 is 0. The molecule has 0 radical (unpaired) electrons. The van der Waals surface area contributed by atoms with E-state index in [0.29, 0.717) is 0 Å². The lowest BCUT2D eigenvalue weighted by Crippen LogP contribution is -2.45. The van der Waals surface area contributed by atoms with Crippen molar-refractivity contribution in [2.45, 2.75) is 32.3 Å². The molecule has 0 amide bonds. The smallest absolute Gasteiger partial charge is 0.380 e. The van der Waals surface area contributed by atoms with E-state index in [0.717, 1.165) is 14.0 Å². The van der Waals surface area contributed by atoms with Crippen LogP contribution in [0.5, 0.6) is 0 Å². The Bertz CT molecular complexity index is 460. The molecule has 10 heteroatoms. The minimum absolute atomic E-state index is 0.383. The molecule has 2 unspecified atom stereocenters. The van der Waals surface area contributed by atoms with E-state index in [2.05, 4.69) is 9.47 Å². The van der Waals surface area contributed by atoms with Crippen LogP contribution in [0.4, 0.5) is 8.78 Å². The van der Waals surface area contributed by atoms with Crippen LogP contribution in [-0.4, -0.2) is 49.8 Å². The summed E-state index contributed by atoms with van der Waals surface area (Å²) in [6.07, 6.45) is -2.46. The topological polar surface area (TPSA) is 107 Å². The highest BCUT2D eigenvalue weighted by molar-refractivity contribution is 7.85. The van der Waals surface area contributed by atoms with Gasteiger partial charge in [0.2, 0.25) is 0 Å². The van der Waals surface area contributed by atoms with Crippen LogP contribution >= 0.6 is 0 Å². The zero-order chi connectivity index (χ0) is 16.1. The minimum Gasteiger partial charge on any atom is -0.464 e. The van der Waals surface area contributed by atoms with E-state index in [1.165, 1.54) is 6.92 Å². The highest BCUT2D eigenvalue weighted by atomic mass is 32.2. The first-order valence-electron chi connectivity index (χ1n) is 5.57. The van der Waals surface area contributed by atoms with Crippen molar-refractivity contribution in [1.82, 2.24) is 0 Å². The molecule has 0 saturated carbocycles. The van der Waals surface area contributed by atoms with Crippen molar-refractivity contribution in [3.05, 3.63) is 0 Å². The molecule has 0 aliphatic heterocycles. The van der Waals surface area contributed by atoms with Crippen LogP contribution in [0.25, 0.3) is 0 Å². The van der Waals surface area contributed by atoms with Gasteiger partial charge in [-0.2, -0.15) is 17.2 Å². The number of rotatable bonds is 7. The molecule has 7 nitrogen and oxygen atoms in total. The van der Waals surface area contributed by atoms with Gasteiger partial charge in [-0.15, -0.1) is 0 Å². The molecule has 2 atom stereocenters. The molecule has 0 heterocycles. The van der Waals surface area contributed by atoms with E-state index < -0.39 is 45.8 Å². The molecule has 0 saturated heterocycles. The predicted molar refractivity (Wildman–Crippen MR) is 62.7 cm³/mol. The van der Waals surface area contributed by atoms with Crippen LogP contribution in [0, 0.1) is 5.92 Å². The Balaban J connectivity index is 4.89. The van der Waals surface area contributed by atoms with Crippen molar-refractivity contribution in [2.75, 3.05) is 12.9 Å². The van der Waals surface area contributed by atoms with Crippen LogP contribution in [0.2, 0.25) is 0 Å². The Morgan fingerprint density at radius 3 is 2.20 bits per heavy atom. The number of carbonyl (C=O) groups is 2. The number of hydrogen-bond acceptors (Lipinski definition) is 6. The monoisotopic (exact) mass is 318 g/mol. The highest BCUT2D eigenvalue weighted by Crippen LogP contribution is 2.26. The molecule has 0 aromatic heterocycles. The zero-order valence-electron chi connectivity index (χ0n) is 11.1. The molecular weight excluding hydrogens is 302 g/mol. The van der Waals surface area contributed by atoms with Crippen LogP contribution in [0.15, 0.2) is 0 Å². The molecule has 0 fully saturated rings. The third-order valence-electron chi connectivity index (χ3n) is 2.35. The van der Waals surface area contributed by atoms with E-state index in [4.69, 9.17) is 4.55 Å². The van der Waals surface area contributed by atoms with E-state index in [-0.39, 0.29) is 6.42 Å². The van der Waals surface area contributed by atoms with Gasteiger partial charge < -0.3 is 9.47 Å². The number of alkyl halides is 2. The lowest BCUT2D eigenvalue weighted by Gasteiger charge is -2.24. The van der Waals surface area contributed by atoms with Crippen molar-refractivity contribution in [1.29, 1.82) is 0 Å². The van der Waals surface area contributed by atoms with Gasteiger partial charge >= 0.3 is 17.9 Å². The second-order valence-electron chi connectivity index (χ2n) is 4.10. The first kappa shape index (κ1) is 18.7. The fourth-order valence-corrected chi connectivity index (χ4v) is 2.09. The number of esters is 2. The Morgan fingerprint density at radius 2 is 1.85 bits per heavy atom. The minimum atomic E-state index is -4.45. The molecule has 0 spiro atoms. The van der Waals surface area contributed by atoms with Crippen molar-refractivity contribution in [3.8, 4) is 0 Å². The van der Waals surface area contributed by atoms with Gasteiger partial charge in [0.1, 0.15) is 0 Å². The third kappa shape index (κ3) is 5.37. The molecule has 0 bridgehead atoms. The maximum atomic E-state index is 13.5. The van der Waals surface area contributed by atoms with Crippen LogP contribution in [-0.2, 0) is 29.2 Å². The maximum Gasteiger partial charge on any atom is 0.380 e. The van der Waals surface area contributed by atoms with Crippen molar-refractivity contribution < 1.29 is 40.8 Å². The Kier molecular flexibility index (Phi) is 6.48. The maximum absolute atomic E-state index is 13.5. The average molecular weight is 318 g/mol. The molecule has 1 N–H and O–H groups in total. The first-order valence-corrected chi connectivity index (χ1v) is 7.18. The Labute approximate surface area is 115 Å². The normalized spacial score (nSPS) is 15.3. The lowest BCUT2D eigenvalue weighted by molar-refractivity contribution is -0.197. The van der Waals surface area contributed by atoms with Crippen LogP contribution < -0.4 is 0 Å². The fraction of sp³-hybridized carbons (Fsp3) is 0.800. The summed E-state index contributed by atoms with van der Waals surface area (Å²) in [6, 6.07) is 0. The summed E-state index contributed by atoms with van der Waals surface area (Å²) in [7, 11) is -3.69. The van der Waals surface area contributed by atoms with Gasteiger partial charge in [-0.05, 0) is 6.42 Å². The van der Waals surface area contributed by atoms with Gasteiger partial charge in [0.25, 0.3) is 10.1 Å². The second-order valence-corrected chi connectivity index (χ2v) is 5.60. The second kappa shape index (κ2) is 6.93. The predicted octanol–water partition coefficient (Wildman–Crippen LogP) is 0.640. The molecule has 0 aromatic carbocycles. The van der Waals surface area contributed by atoms with Crippen LogP contribution in [0.3, 0.4) is 0 Å². The standard InChI is InChI=1S/C10H16F2O7S/c1-4-7(10(11,12)9(14)18-3)19-8(13)6(2)5-20(15,16)17/h6-7H,4-5H2,1-3H3,(H,15,16,17). The SMILES string of the molecule is CCC(OC(=O)C(C)CS(=O)(=O)O)C(F)(F)C(=O)OC. The molecule has 118 valence electrons. The number of hydrogen-bond donors (Lipinski definition) is 1. The summed E-state index contributed by atoms with van der Waals surface area (Å²) in [6.45, 7) is 2.33. The van der Waals surface area contributed by atoms with Gasteiger partial charge in [-0.1, -0.05) is 13.8 Å². The lowest BCUT2D eigenvalue weighted by atomic mass is 10.1. The van der Waals surface area contributed by atoms with Crippen molar-refractivity contribution in [2.24, 2.45) is 5.92 Å². The highest BCUT2D eigenvalue weighted by Gasteiger charge is 2.50. The molecule has 0 aliphatic rings. The number of ether oxygens (including phenoxy) is 2. The summed E-state index contributed by atoms with van der Waals surface area (Å²) in [5.74, 6) is -9.49. The molecule has 0 aliphatic carbocycles. The molecule has 0 aromatic rings. The van der Waals surface area contributed by atoms with E-state index in [1.54, 1.807) is 0 Å². The summed E-state index contributed by atoms with van der Waals surface area (Å²) in [5, 5.41) is 0. The average Bonchev–Trinajstić information content (AvgIpc) is 2.31. The molecule has 20 heavy (non-hydrogen) atoms. The first-order chi connectivity index (χ1) is 8.95.